The molecular weight excluding hydrogens is 627 g/mol. The molecule has 1 nitrogen and oxygen atoms in total. The first-order valence-electron chi connectivity index (χ1n) is 18.4. The highest BCUT2D eigenvalue weighted by Crippen LogP contribution is 2.32. The number of para-hydroxylation sites is 1. The van der Waals surface area contributed by atoms with Crippen LogP contribution in [-0.2, 0) is 0 Å². The van der Waals surface area contributed by atoms with E-state index in [2.05, 4.69) is 141 Å². The third kappa shape index (κ3) is 12.5. The molecule has 0 aliphatic heterocycles. The van der Waals surface area contributed by atoms with Crippen LogP contribution in [0.1, 0.15) is 64.7 Å². The molecule has 0 amide bonds. The van der Waals surface area contributed by atoms with E-state index in [1.807, 2.05) is 102 Å². The summed E-state index contributed by atoms with van der Waals surface area (Å²) in [6.07, 6.45) is 15.2. The van der Waals surface area contributed by atoms with Gasteiger partial charge in [-0.15, -0.1) is 5.73 Å². The summed E-state index contributed by atoms with van der Waals surface area (Å²) in [5.41, 5.74) is 13.0. The predicted molar refractivity (Wildman–Crippen MR) is 234 cm³/mol. The van der Waals surface area contributed by atoms with Crippen LogP contribution < -0.4 is 10.4 Å². The maximum Gasteiger partial charge on any atom is 0.0651 e. The first kappa shape index (κ1) is 42.4. The van der Waals surface area contributed by atoms with Crippen LogP contribution in [-0.4, -0.2) is 6.72 Å². The zero-order chi connectivity index (χ0) is 38.1. The zero-order valence-corrected chi connectivity index (χ0v) is 32.7. The monoisotopic (exact) mass is 683 g/mol. The van der Waals surface area contributed by atoms with E-state index in [9.17, 15) is 0 Å². The molecule has 0 bridgehead atoms. The van der Waals surface area contributed by atoms with Gasteiger partial charge in [-0.25, -0.2) is 0 Å². The second kappa shape index (κ2) is 24.4. The minimum atomic E-state index is 0.860. The Morgan fingerprint density at radius 1 is 0.712 bits per heavy atom. The van der Waals surface area contributed by atoms with Crippen LogP contribution in [0.15, 0.2) is 192 Å². The Labute approximate surface area is 314 Å². The maximum atomic E-state index is 3.95. The van der Waals surface area contributed by atoms with Gasteiger partial charge >= 0.3 is 0 Å². The summed E-state index contributed by atoms with van der Waals surface area (Å²) >= 11 is 0. The van der Waals surface area contributed by atoms with Crippen molar-refractivity contribution >= 4 is 34.3 Å². The lowest BCUT2D eigenvalue weighted by Gasteiger charge is -2.22. The molecule has 6 rings (SSSR count). The topological polar surface area (TPSA) is 12.4 Å². The number of hydrogen-bond donors (Lipinski definition) is 0. The Balaban J connectivity index is 0.000000381. The molecule has 0 spiro atoms. The van der Waals surface area contributed by atoms with Crippen LogP contribution >= 0.6 is 0 Å². The van der Waals surface area contributed by atoms with E-state index in [1.165, 1.54) is 60.2 Å². The number of fused-ring (bicyclic) bond motifs is 2. The summed E-state index contributed by atoms with van der Waals surface area (Å²) in [5.74, 6) is 0. The molecule has 0 fully saturated rings. The van der Waals surface area contributed by atoms with Gasteiger partial charge in [-0.3, -0.25) is 4.99 Å². The standard InChI is InChI=1S/C32H28.C8H9N.C7H8.2C2H6/c1-4-7-8-17-28-23-31(27-21-20-24-15-9-10-16-26(24)22-27)29-18-11-12-19-30(29)32(28)25(13-5-2)14-6-3;1-7-5-3-4-6-8(7)9-2;1-7-5-3-2-4-6-7;2*1-2/h4-6,8-22H,2,23H2,1,3H3;3-6H,2H2,1H3;2-6H,1H3;2*1-2H3/b14-6-,25-13+,28-17+;;;;. The van der Waals surface area contributed by atoms with Crippen LogP contribution in [0.25, 0.3) is 21.9 Å². The highest BCUT2D eigenvalue weighted by Gasteiger charge is 2.19. The van der Waals surface area contributed by atoms with E-state index in [0.29, 0.717) is 0 Å². The minimum absolute atomic E-state index is 0.860. The van der Waals surface area contributed by atoms with Crippen molar-refractivity contribution < 1.29 is 0 Å². The number of hydrogen-bond acceptors (Lipinski definition) is 1. The zero-order valence-electron chi connectivity index (χ0n) is 32.7. The number of nitrogens with zero attached hydrogens (tertiary/aromatic N) is 1. The summed E-state index contributed by atoms with van der Waals surface area (Å²) in [4.78, 5) is 3.82. The van der Waals surface area contributed by atoms with Crippen molar-refractivity contribution in [1.29, 1.82) is 0 Å². The normalized spacial score (nSPS) is 12.2. The van der Waals surface area contributed by atoms with Crippen molar-refractivity contribution in [2.75, 3.05) is 0 Å². The molecule has 52 heavy (non-hydrogen) atoms. The lowest BCUT2D eigenvalue weighted by atomic mass is 9.82. The third-order valence-corrected chi connectivity index (χ3v) is 8.01. The molecule has 0 unspecified atom stereocenters. The lowest BCUT2D eigenvalue weighted by molar-refractivity contribution is 1.22. The van der Waals surface area contributed by atoms with Gasteiger partial charge in [-0.2, -0.15) is 0 Å². The SMILES string of the molecule is C=C/C=C(\C=C/C)C1=c2ccccc2=C(c2ccc3ccccc3c2)C/C1=C\C=C=CC.C=Nc1ccccc1C.CC.CC.Cc1ccccc1. The number of aryl methyl sites for hydroxylation is 2. The average Bonchev–Trinajstić information content (AvgIpc) is 3.20. The van der Waals surface area contributed by atoms with Gasteiger partial charge in [0.2, 0.25) is 0 Å². The van der Waals surface area contributed by atoms with E-state index in [1.54, 1.807) is 0 Å². The number of allylic oxidation sites excluding steroid dienone is 8. The van der Waals surface area contributed by atoms with E-state index >= 15 is 0 Å². The van der Waals surface area contributed by atoms with Gasteiger partial charge in [0.05, 0.1) is 5.69 Å². The fourth-order valence-corrected chi connectivity index (χ4v) is 5.68. The lowest BCUT2D eigenvalue weighted by Crippen LogP contribution is -2.33. The van der Waals surface area contributed by atoms with E-state index in [0.717, 1.165) is 12.1 Å². The molecule has 0 saturated heterocycles. The molecule has 0 N–H and O–H groups in total. The van der Waals surface area contributed by atoms with Gasteiger partial charge in [-0.05, 0) is 120 Å². The predicted octanol–water partition coefficient (Wildman–Crippen LogP) is 13.3. The van der Waals surface area contributed by atoms with Gasteiger partial charge in [0.1, 0.15) is 0 Å². The number of aliphatic imine (C=N–C) groups is 1. The fourth-order valence-electron chi connectivity index (χ4n) is 5.68. The summed E-state index contributed by atoms with van der Waals surface area (Å²) in [7, 11) is 0. The van der Waals surface area contributed by atoms with Crippen molar-refractivity contribution in [3.63, 3.8) is 0 Å². The van der Waals surface area contributed by atoms with E-state index < -0.39 is 0 Å². The van der Waals surface area contributed by atoms with E-state index in [-0.39, 0.29) is 0 Å². The molecule has 0 saturated carbocycles. The Morgan fingerprint density at radius 3 is 1.90 bits per heavy atom. The molecule has 5 aromatic rings. The summed E-state index contributed by atoms with van der Waals surface area (Å²) in [5, 5.41) is 5.09. The van der Waals surface area contributed by atoms with Crippen molar-refractivity contribution in [2.45, 2.75) is 61.8 Å². The third-order valence-electron chi connectivity index (χ3n) is 8.01. The first-order valence-corrected chi connectivity index (χ1v) is 18.4. The quantitative estimate of drug-likeness (QED) is 0.0960. The molecule has 1 aliphatic rings. The highest BCUT2D eigenvalue weighted by molar-refractivity contribution is 5.91. The van der Waals surface area contributed by atoms with Gasteiger partial charge in [0, 0.05) is 0 Å². The Hall–Kier alpha value is -5.75. The van der Waals surface area contributed by atoms with Crippen molar-refractivity contribution in [3.8, 4) is 0 Å². The molecule has 1 aliphatic carbocycles. The van der Waals surface area contributed by atoms with Gasteiger partial charge in [0.15, 0.2) is 0 Å². The largest absolute Gasteiger partial charge is 0.264 e. The summed E-state index contributed by atoms with van der Waals surface area (Å²) in [6, 6.07) is 42.3. The highest BCUT2D eigenvalue weighted by atomic mass is 14.7. The Bertz CT molecular complexity index is 2150. The molecule has 0 radical (unpaired) electrons. The molecule has 0 aromatic heterocycles. The molecule has 5 aromatic carbocycles. The fraction of sp³-hybridized carbons (Fsp3) is 0.176. The Morgan fingerprint density at radius 2 is 1.33 bits per heavy atom. The molecule has 0 heterocycles. The average molecular weight is 684 g/mol. The molecule has 1 heteroatoms. The maximum absolute atomic E-state index is 3.95. The molecule has 0 atom stereocenters. The second-order valence-corrected chi connectivity index (χ2v) is 11.4. The van der Waals surface area contributed by atoms with E-state index in [4.69, 9.17) is 0 Å². The summed E-state index contributed by atoms with van der Waals surface area (Å²) < 4.78 is 0. The Kier molecular flexibility index (Phi) is 19.9. The van der Waals surface area contributed by atoms with Crippen LogP contribution in [0, 0.1) is 13.8 Å². The number of benzene rings is 5. The first-order chi connectivity index (χ1) is 25.5. The van der Waals surface area contributed by atoms with Crippen LogP contribution in [0.3, 0.4) is 0 Å². The van der Waals surface area contributed by atoms with Crippen LogP contribution in [0.2, 0.25) is 0 Å². The summed E-state index contributed by atoms with van der Waals surface area (Å²) in [6.45, 7) is 23.5. The minimum Gasteiger partial charge on any atom is -0.264 e. The van der Waals surface area contributed by atoms with Crippen molar-refractivity contribution in [2.24, 2.45) is 4.99 Å². The number of rotatable bonds is 6. The van der Waals surface area contributed by atoms with Gasteiger partial charge in [0.25, 0.3) is 0 Å². The molecule has 266 valence electrons. The van der Waals surface area contributed by atoms with Crippen molar-refractivity contribution in [1.82, 2.24) is 0 Å². The van der Waals surface area contributed by atoms with Gasteiger partial charge in [-0.1, -0.05) is 179 Å². The van der Waals surface area contributed by atoms with Gasteiger partial charge < -0.3 is 0 Å². The van der Waals surface area contributed by atoms with Crippen molar-refractivity contribution in [3.05, 3.63) is 214 Å². The van der Waals surface area contributed by atoms with Crippen LogP contribution in [0.5, 0.6) is 0 Å². The molecular formula is C51H57N. The van der Waals surface area contributed by atoms with Crippen LogP contribution in [0.4, 0.5) is 5.69 Å². The second-order valence-electron chi connectivity index (χ2n) is 11.4. The smallest absolute Gasteiger partial charge is 0.0651 e.